The molecule has 1 aromatic heterocycles. The second-order valence-electron chi connectivity index (χ2n) is 18.9. The maximum atomic E-state index is 13.0. The molecule has 0 radical (unpaired) electrons. The summed E-state index contributed by atoms with van der Waals surface area (Å²) in [5, 5.41) is 158. The van der Waals surface area contributed by atoms with Gasteiger partial charge in [0, 0.05) is 24.3 Å². The van der Waals surface area contributed by atoms with Crippen molar-refractivity contribution in [2.45, 2.75) is 98.5 Å². The Balaban J connectivity index is 1.12. The van der Waals surface area contributed by atoms with E-state index < -0.39 is 182 Å². The summed E-state index contributed by atoms with van der Waals surface area (Å²) in [6.07, 6.45) is -26.6. The fraction of sp³-hybridized carbons (Fsp3) is 0.352. The fourth-order valence-corrected chi connectivity index (χ4v) is 8.57. The first kappa shape index (κ1) is 60.7. The Bertz CT molecular complexity index is 3200. The van der Waals surface area contributed by atoms with Crippen molar-refractivity contribution in [2.24, 2.45) is 0 Å². The number of rotatable bonds is 19. The van der Waals surface area contributed by atoms with E-state index >= 15 is 0 Å². The van der Waals surface area contributed by atoms with Gasteiger partial charge in [0.2, 0.25) is 18.3 Å². The molecule has 0 aliphatic carbocycles. The summed E-state index contributed by atoms with van der Waals surface area (Å²) in [5.41, 5.74) is 0.417. The van der Waals surface area contributed by atoms with Crippen LogP contribution >= 0.6 is 0 Å². The lowest BCUT2D eigenvalue weighted by molar-refractivity contribution is -0.358. The molecule has 0 bridgehead atoms. The third-order valence-electron chi connectivity index (χ3n) is 13.0. The highest BCUT2D eigenvalue weighted by molar-refractivity contribution is 5.91. The molecule has 0 amide bonds. The summed E-state index contributed by atoms with van der Waals surface area (Å²) in [7, 11) is 0. The predicted octanol–water partition coefficient (Wildman–Crippen LogP) is -0.650. The van der Waals surface area contributed by atoms with Crippen LogP contribution in [-0.2, 0) is 52.3 Å². The summed E-state index contributed by atoms with van der Waals surface area (Å²) < 4.78 is 57.6. The van der Waals surface area contributed by atoms with Gasteiger partial charge in [-0.05, 0) is 71.8 Å². The monoisotopic (exact) mass is 1170 g/mol. The lowest BCUT2D eigenvalue weighted by Crippen LogP contribution is -2.65. The quantitative estimate of drug-likeness (QED) is 0.0122. The molecule has 3 aliphatic heterocycles. The molecule has 29 nitrogen and oxygen atoms in total. The first-order valence-electron chi connectivity index (χ1n) is 24.9. The summed E-state index contributed by atoms with van der Waals surface area (Å²) in [6.45, 7) is -2.49. The van der Waals surface area contributed by atoms with Gasteiger partial charge in [-0.1, -0.05) is 12.1 Å². The normalized spacial score (nSPS) is 28.2. The van der Waals surface area contributed by atoms with Crippen molar-refractivity contribution in [1.82, 2.24) is 0 Å². The number of carbonyl (C=O) groups is 4. The van der Waals surface area contributed by atoms with Crippen molar-refractivity contribution in [2.75, 3.05) is 19.8 Å². The molecule has 3 aliphatic rings. The number of esters is 3. The van der Waals surface area contributed by atoms with Crippen LogP contribution in [0.1, 0.15) is 17.5 Å². The molecule has 4 heterocycles. The molecule has 3 fully saturated rings. The molecule has 29 heteroatoms. The molecule has 0 saturated carbocycles. The lowest BCUT2D eigenvalue weighted by Gasteiger charge is -2.45. The minimum atomic E-state index is -2.19. The van der Waals surface area contributed by atoms with E-state index in [1.807, 2.05) is 0 Å². The second-order valence-corrected chi connectivity index (χ2v) is 18.9. The Morgan fingerprint density at radius 3 is 1.53 bits per heavy atom. The van der Waals surface area contributed by atoms with Crippen LogP contribution < -0.4 is 9.47 Å². The van der Waals surface area contributed by atoms with Crippen LogP contribution in [0.3, 0.4) is 0 Å². The Morgan fingerprint density at radius 1 is 0.494 bits per heavy atom. The minimum absolute atomic E-state index is 0.124. The van der Waals surface area contributed by atoms with Gasteiger partial charge in [-0.2, -0.15) is 0 Å². The van der Waals surface area contributed by atoms with Gasteiger partial charge in [0.05, 0.1) is 11.6 Å². The molecule has 0 spiro atoms. The molecule has 15 atom stereocenters. The number of carboxylic acid groups (broad SMARTS) is 1. The molecular weight excluding hydrogens is 1110 g/mol. The minimum Gasteiger partial charge on any atom is -0.508 e. The number of aromatic hydroxyl groups is 6. The fourth-order valence-electron chi connectivity index (χ4n) is 8.57. The second kappa shape index (κ2) is 26.2. The highest BCUT2D eigenvalue weighted by Crippen LogP contribution is 2.43. The van der Waals surface area contributed by atoms with E-state index in [1.54, 1.807) is 0 Å². The highest BCUT2D eigenvalue weighted by Gasteiger charge is 2.53. The van der Waals surface area contributed by atoms with Crippen LogP contribution in [0, 0.1) is 0 Å². The van der Waals surface area contributed by atoms with Gasteiger partial charge >= 0.3 is 35.2 Å². The number of phenolic OH excluding ortho intramolecular Hbond substituents is 6. The van der Waals surface area contributed by atoms with E-state index in [0.717, 1.165) is 48.6 Å². The average molecular weight is 1170 g/mol. The summed E-state index contributed by atoms with van der Waals surface area (Å²) in [5.74, 6) is -8.54. The van der Waals surface area contributed by atoms with Crippen LogP contribution in [0.5, 0.6) is 46.0 Å². The molecule has 15 N–H and O–H groups in total. The van der Waals surface area contributed by atoms with Crippen molar-refractivity contribution >= 4 is 47.0 Å². The molecule has 5 aromatic rings. The first-order valence-corrected chi connectivity index (χ1v) is 24.9. The Hall–Kier alpha value is -8.43. The zero-order chi connectivity index (χ0) is 60.0. The lowest BCUT2D eigenvalue weighted by atomic mass is 9.97. The van der Waals surface area contributed by atoms with E-state index in [1.165, 1.54) is 54.6 Å². The number of ether oxygens (including phenoxy) is 9. The van der Waals surface area contributed by atoms with Gasteiger partial charge in [-0.25, -0.2) is 14.0 Å². The summed E-state index contributed by atoms with van der Waals surface area (Å²) >= 11 is 0. The maximum Gasteiger partial charge on any atom is 0.402 e. The van der Waals surface area contributed by atoms with Gasteiger partial charge in [0.15, 0.2) is 35.4 Å². The van der Waals surface area contributed by atoms with E-state index in [4.69, 9.17) is 52.2 Å². The van der Waals surface area contributed by atoms with Gasteiger partial charge in [0.25, 0.3) is 0 Å². The van der Waals surface area contributed by atoms with Crippen molar-refractivity contribution in [3.8, 4) is 57.3 Å². The zero-order valence-corrected chi connectivity index (χ0v) is 42.7. The smallest absolute Gasteiger partial charge is 0.402 e. The van der Waals surface area contributed by atoms with E-state index in [2.05, 4.69) is 0 Å². The van der Waals surface area contributed by atoms with E-state index in [0.29, 0.717) is 0 Å². The van der Waals surface area contributed by atoms with Gasteiger partial charge in [-0.15, -0.1) is 0 Å². The first-order chi connectivity index (χ1) is 39.4. The van der Waals surface area contributed by atoms with Crippen molar-refractivity contribution < 1.29 is 143 Å². The van der Waals surface area contributed by atoms with Crippen molar-refractivity contribution in [1.29, 1.82) is 0 Å². The number of carboxylic acids is 1. The van der Waals surface area contributed by atoms with Crippen LogP contribution in [0.2, 0.25) is 0 Å². The van der Waals surface area contributed by atoms with E-state index in [9.17, 15) is 90.7 Å². The summed E-state index contributed by atoms with van der Waals surface area (Å²) in [4.78, 5) is 48.8. The van der Waals surface area contributed by atoms with Crippen LogP contribution in [0.15, 0.2) is 95.4 Å². The number of aliphatic hydroxyl groups is 8. The molecule has 83 heavy (non-hydrogen) atoms. The van der Waals surface area contributed by atoms with Crippen LogP contribution in [0.4, 0.5) is 0 Å². The Morgan fingerprint density at radius 2 is 0.988 bits per heavy atom. The number of hydrogen-bond acceptors (Lipinski definition) is 27. The molecule has 444 valence electrons. The van der Waals surface area contributed by atoms with Crippen LogP contribution in [0.25, 0.3) is 34.4 Å². The molecule has 4 aromatic carbocycles. The summed E-state index contributed by atoms with van der Waals surface area (Å²) in [6, 6.07) is 15.7. The van der Waals surface area contributed by atoms with E-state index in [-0.39, 0.29) is 39.2 Å². The molecule has 0 unspecified atom stereocenters. The third kappa shape index (κ3) is 14.6. The standard InChI is InChI=1S/C54H54O29/c55-25-7-5-24(6-8-25)50-34(17-27-32(77-50)15-26(56)16-33(27)78-52-48(72)45(69)43(67)36(80-52)21-76-41(65)18-38(61)62)79-54-51(47(71)44(68)37(82-54)20-75-40(64)12-4-23-2-10-29(58)31(60)14-23)83-53-49(73)46(70)42(66)35(81-53)19-74-39(63)11-3-22-1-9-28(57)30(59)13-22/h1-17,35-37,42-49,51-54,66-73H,18-21H2,(H6-,55,56,57,58,59,60,61,62,63,64)/p+1/t35-,36-,37-,42-,43-,44-,45+,46+,47+,48-,49-,51-,52-,53+,54-/m1/s1. The highest BCUT2D eigenvalue weighted by atomic mass is 16.8. The number of aliphatic carboxylic acids is 1. The third-order valence-corrected chi connectivity index (χ3v) is 13.0. The maximum absolute atomic E-state index is 13.0. The van der Waals surface area contributed by atoms with Gasteiger partial charge in [-0.3, -0.25) is 9.59 Å². The Labute approximate surface area is 466 Å². The number of benzene rings is 4. The number of hydrogen-bond donors (Lipinski definition) is 15. The average Bonchev–Trinajstić information content (AvgIpc) is 2.87. The SMILES string of the molecule is O=C(O)CC(=O)OC[C@H]1O[C@@H](Oc2cc(O)cc3[o+]c(-c4ccc(O)cc4)c(O[C@@H]4O[C@H](COC(=O)/C=C/c5ccc(O)c(O)c5)[C@@H](O)[C@H](O)[C@H]4O[C@@H]4O[C@H](COC(=O)/C=C/c5ccc(O)c(O)c5)[C@@H](O)[C@H](O)[C@H]4O)cc23)[C@H](O)[C@@H](O)[C@@H]1O. The molecular formula is C54H55O29+. The Kier molecular flexibility index (Phi) is 19.2. The largest absolute Gasteiger partial charge is 0.508 e. The number of aliphatic hydroxyl groups excluding tert-OH is 8. The number of phenols is 6. The predicted molar refractivity (Wildman–Crippen MR) is 272 cm³/mol. The van der Waals surface area contributed by atoms with Gasteiger partial charge < -0.3 is 119 Å². The van der Waals surface area contributed by atoms with Crippen LogP contribution in [-0.4, -0.2) is 212 Å². The van der Waals surface area contributed by atoms with Gasteiger partial charge in [0.1, 0.15) is 116 Å². The van der Waals surface area contributed by atoms with Crippen molar-refractivity contribution in [3.05, 3.63) is 102 Å². The zero-order valence-electron chi connectivity index (χ0n) is 42.7. The van der Waals surface area contributed by atoms with Crippen molar-refractivity contribution in [3.63, 3.8) is 0 Å². The molecule has 3 saturated heterocycles. The topological polar surface area (TPSA) is 466 Å². The number of carbonyl (C=O) groups excluding carboxylic acids is 3. The molecule has 8 rings (SSSR count). The number of fused-ring (bicyclic) bond motifs is 1.